The van der Waals surface area contributed by atoms with Crippen molar-refractivity contribution < 1.29 is 9.84 Å². The van der Waals surface area contributed by atoms with Gasteiger partial charge in [-0.15, -0.1) is 11.6 Å². The van der Waals surface area contributed by atoms with E-state index in [2.05, 4.69) is 6.07 Å². The van der Waals surface area contributed by atoms with Crippen molar-refractivity contribution in [1.29, 1.82) is 0 Å². The predicted octanol–water partition coefficient (Wildman–Crippen LogP) is 2.76. The van der Waals surface area contributed by atoms with E-state index in [0.29, 0.717) is 12.5 Å². The third kappa shape index (κ3) is 3.11. The molecule has 0 aliphatic carbocycles. The number of aromatic hydroxyl groups is 1. The molecule has 1 aromatic carbocycles. The molecule has 0 atom stereocenters. The summed E-state index contributed by atoms with van der Waals surface area (Å²) in [6.07, 6.45) is 1.68. The number of benzene rings is 1. The summed E-state index contributed by atoms with van der Waals surface area (Å²) in [6, 6.07) is 6.08. The zero-order chi connectivity index (χ0) is 10.4. The third-order valence-electron chi connectivity index (χ3n) is 1.90. The van der Waals surface area contributed by atoms with Crippen LogP contribution in [0.3, 0.4) is 0 Å². The SMILES string of the molecule is CCc1c[c]c(O)cc1OCCCCl. The summed E-state index contributed by atoms with van der Waals surface area (Å²) in [6.45, 7) is 2.62. The van der Waals surface area contributed by atoms with Gasteiger partial charge in [-0.05, 0) is 24.5 Å². The van der Waals surface area contributed by atoms with Crippen LogP contribution >= 0.6 is 11.6 Å². The molecule has 0 aromatic heterocycles. The predicted molar refractivity (Wildman–Crippen MR) is 57.2 cm³/mol. The molecule has 77 valence electrons. The van der Waals surface area contributed by atoms with Gasteiger partial charge in [0.05, 0.1) is 6.61 Å². The lowest BCUT2D eigenvalue weighted by Crippen LogP contribution is -2.00. The van der Waals surface area contributed by atoms with Crippen molar-refractivity contribution in [3.8, 4) is 11.5 Å². The van der Waals surface area contributed by atoms with E-state index in [1.807, 2.05) is 6.92 Å². The topological polar surface area (TPSA) is 29.5 Å². The van der Waals surface area contributed by atoms with E-state index >= 15 is 0 Å². The van der Waals surface area contributed by atoms with Gasteiger partial charge >= 0.3 is 0 Å². The highest BCUT2D eigenvalue weighted by Crippen LogP contribution is 2.24. The lowest BCUT2D eigenvalue weighted by atomic mass is 10.1. The minimum absolute atomic E-state index is 0.114. The van der Waals surface area contributed by atoms with Gasteiger partial charge in [0.1, 0.15) is 11.5 Å². The summed E-state index contributed by atoms with van der Waals surface area (Å²) < 4.78 is 5.48. The molecule has 1 radical (unpaired) electrons. The Balaban J connectivity index is 2.67. The second-order valence-electron chi connectivity index (χ2n) is 2.95. The van der Waals surface area contributed by atoms with Crippen LogP contribution in [0, 0.1) is 6.07 Å². The molecule has 0 saturated carbocycles. The van der Waals surface area contributed by atoms with Gasteiger partial charge < -0.3 is 9.84 Å². The second-order valence-corrected chi connectivity index (χ2v) is 3.33. The van der Waals surface area contributed by atoms with E-state index in [1.165, 1.54) is 0 Å². The molecule has 3 heteroatoms. The average Bonchev–Trinajstić information content (AvgIpc) is 2.19. The normalized spacial score (nSPS) is 10.1. The van der Waals surface area contributed by atoms with E-state index in [9.17, 15) is 5.11 Å². The van der Waals surface area contributed by atoms with Gasteiger partial charge in [-0.3, -0.25) is 0 Å². The van der Waals surface area contributed by atoms with Gasteiger partial charge in [0.15, 0.2) is 0 Å². The molecule has 14 heavy (non-hydrogen) atoms. The summed E-state index contributed by atoms with van der Waals surface area (Å²) in [4.78, 5) is 0. The Bertz CT molecular complexity index is 287. The van der Waals surface area contributed by atoms with Gasteiger partial charge in [-0.1, -0.05) is 6.92 Å². The van der Waals surface area contributed by atoms with Crippen molar-refractivity contribution in [2.45, 2.75) is 19.8 Å². The monoisotopic (exact) mass is 213 g/mol. The first-order chi connectivity index (χ1) is 6.77. The van der Waals surface area contributed by atoms with Gasteiger partial charge in [0, 0.05) is 18.0 Å². The molecule has 0 unspecified atom stereocenters. The Kier molecular flexibility index (Phi) is 4.60. The molecule has 1 N–H and O–H groups in total. The molecule has 0 spiro atoms. The molecule has 0 aliphatic heterocycles. The first-order valence-corrected chi connectivity index (χ1v) is 5.23. The largest absolute Gasteiger partial charge is 0.507 e. The summed E-state index contributed by atoms with van der Waals surface area (Å²) in [7, 11) is 0. The number of ether oxygens (including phenoxy) is 1. The molecule has 0 bridgehead atoms. The average molecular weight is 214 g/mol. The maximum absolute atomic E-state index is 9.23. The maximum Gasteiger partial charge on any atom is 0.127 e. The highest BCUT2D eigenvalue weighted by atomic mass is 35.5. The van der Waals surface area contributed by atoms with Crippen LogP contribution in [0.5, 0.6) is 11.5 Å². The first-order valence-electron chi connectivity index (χ1n) is 4.70. The highest BCUT2D eigenvalue weighted by molar-refractivity contribution is 6.17. The van der Waals surface area contributed by atoms with E-state index in [4.69, 9.17) is 16.3 Å². The molecular weight excluding hydrogens is 200 g/mol. The van der Waals surface area contributed by atoms with Crippen molar-refractivity contribution in [2.24, 2.45) is 0 Å². The smallest absolute Gasteiger partial charge is 0.127 e. The van der Waals surface area contributed by atoms with Crippen LogP contribution < -0.4 is 4.74 Å². The number of rotatable bonds is 5. The van der Waals surface area contributed by atoms with E-state index in [1.54, 1.807) is 12.1 Å². The van der Waals surface area contributed by atoms with Crippen LogP contribution in [0.1, 0.15) is 18.9 Å². The van der Waals surface area contributed by atoms with Crippen molar-refractivity contribution in [1.82, 2.24) is 0 Å². The molecule has 0 heterocycles. The van der Waals surface area contributed by atoms with Gasteiger partial charge in [-0.2, -0.15) is 0 Å². The molecule has 1 aromatic rings. The summed E-state index contributed by atoms with van der Waals surface area (Å²) in [5.41, 5.74) is 1.05. The Morgan fingerprint density at radius 1 is 1.57 bits per heavy atom. The van der Waals surface area contributed by atoms with Crippen molar-refractivity contribution in [3.05, 3.63) is 23.8 Å². The fraction of sp³-hybridized carbons (Fsp3) is 0.455. The Morgan fingerprint density at radius 3 is 3.00 bits per heavy atom. The molecule has 0 fully saturated rings. The minimum atomic E-state index is 0.114. The highest BCUT2D eigenvalue weighted by Gasteiger charge is 2.03. The van der Waals surface area contributed by atoms with Crippen molar-refractivity contribution in [3.63, 3.8) is 0 Å². The lowest BCUT2D eigenvalue weighted by Gasteiger charge is -2.09. The standard InChI is InChI=1S/C11H14ClO2/c1-2-9-4-5-10(13)8-11(9)14-7-3-6-12/h4,8,13H,2-3,6-7H2,1H3. The lowest BCUT2D eigenvalue weighted by molar-refractivity contribution is 0.313. The fourth-order valence-corrected chi connectivity index (χ4v) is 1.25. The first kappa shape index (κ1) is 11.2. The van der Waals surface area contributed by atoms with Gasteiger partial charge in [0.25, 0.3) is 0 Å². The molecule has 0 amide bonds. The van der Waals surface area contributed by atoms with Crippen molar-refractivity contribution in [2.75, 3.05) is 12.5 Å². The Hall–Kier alpha value is -0.890. The molecule has 0 aliphatic rings. The van der Waals surface area contributed by atoms with Crippen LogP contribution in [0.15, 0.2) is 12.1 Å². The quantitative estimate of drug-likeness (QED) is 0.602. The number of phenols is 1. The number of halogens is 1. The zero-order valence-electron chi connectivity index (χ0n) is 8.22. The minimum Gasteiger partial charge on any atom is -0.507 e. The van der Waals surface area contributed by atoms with Gasteiger partial charge in [-0.25, -0.2) is 0 Å². The van der Waals surface area contributed by atoms with E-state index < -0.39 is 0 Å². The number of hydrogen-bond acceptors (Lipinski definition) is 2. The van der Waals surface area contributed by atoms with Crippen LogP contribution in [0.25, 0.3) is 0 Å². The number of hydrogen-bond donors (Lipinski definition) is 1. The number of phenolic OH excluding ortho intramolecular Hbond substituents is 1. The summed E-state index contributed by atoms with van der Waals surface area (Å²) in [5, 5.41) is 9.23. The maximum atomic E-state index is 9.23. The van der Waals surface area contributed by atoms with Crippen LogP contribution in [-0.4, -0.2) is 17.6 Å². The van der Waals surface area contributed by atoms with Crippen LogP contribution in [0.2, 0.25) is 0 Å². The number of aryl methyl sites for hydroxylation is 1. The zero-order valence-corrected chi connectivity index (χ0v) is 8.97. The molecular formula is C11H14ClO2. The Morgan fingerprint density at radius 2 is 2.36 bits per heavy atom. The van der Waals surface area contributed by atoms with Crippen molar-refractivity contribution >= 4 is 11.6 Å². The summed E-state index contributed by atoms with van der Waals surface area (Å²) >= 11 is 5.54. The van der Waals surface area contributed by atoms with Gasteiger partial charge in [0.2, 0.25) is 0 Å². The van der Waals surface area contributed by atoms with Crippen LogP contribution in [0.4, 0.5) is 0 Å². The molecule has 0 saturated heterocycles. The molecule has 2 nitrogen and oxygen atoms in total. The fourth-order valence-electron chi connectivity index (χ4n) is 1.14. The number of alkyl halides is 1. The second kappa shape index (κ2) is 5.76. The third-order valence-corrected chi connectivity index (χ3v) is 2.16. The Labute approximate surface area is 89.5 Å². The van der Waals surface area contributed by atoms with E-state index in [0.717, 1.165) is 24.2 Å². The molecule has 1 rings (SSSR count). The summed E-state index contributed by atoms with van der Waals surface area (Å²) in [5.74, 6) is 1.43. The van der Waals surface area contributed by atoms with E-state index in [-0.39, 0.29) is 5.75 Å². The van der Waals surface area contributed by atoms with Crippen LogP contribution in [-0.2, 0) is 6.42 Å².